The first-order valence-corrected chi connectivity index (χ1v) is 13.5. The van der Waals surface area contributed by atoms with Crippen molar-refractivity contribution in [3.63, 3.8) is 0 Å². The molecule has 6 aromatic carbocycles. The van der Waals surface area contributed by atoms with E-state index in [1.54, 1.807) is 0 Å². The van der Waals surface area contributed by atoms with Gasteiger partial charge in [0, 0.05) is 38.2 Å². The summed E-state index contributed by atoms with van der Waals surface area (Å²) >= 11 is 0. The van der Waals surface area contributed by atoms with E-state index < -0.39 is 0 Å². The molecule has 0 saturated heterocycles. The third kappa shape index (κ3) is 3.58. The number of fused-ring (bicyclic) bond motifs is 4. The molecule has 0 bridgehead atoms. The van der Waals surface area contributed by atoms with Crippen molar-refractivity contribution in [2.24, 2.45) is 0 Å². The first-order valence-electron chi connectivity index (χ1n) is 13.5. The molecule has 0 aliphatic rings. The lowest BCUT2D eigenvalue weighted by Gasteiger charge is -2.15. The minimum atomic E-state index is 0.880. The molecule has 2 heterocycles. The number of para-hydroxylation sites is 1. The number of hydrogen-bond donors (Lipinski definition) is 0. The molecule has 0 spiro atoms. The standard InChI is InChI=1S/C38H24O2/c1-3-12-25(13-4-1)36-28(27-22-23-35-33(24-27)29-16-9-10-21-34(29)39-35)19-11-20-32(36)38-31-18-8-7-17-30(31)37(40-38)26-14-5-2-6-15-26/h1-24H. The van der Waals surface area contributed by atoms with E-state index in [9.17, 15) is 0 Å². The van der Waals surface area contributed by atoms with Gasteiger partial charge in [0.2, 0.25) is 0 Å². The first kappa shape index (κ1) is 22.6. The van der Waals surface area contributed by atoms with Crippen LogP contribution in [0.4, 0.5) is 0 Å². The van der Waals surface area contributed by atoms with Gasteiger partial charge in [0.05, 0.1) is 0 Å². The number of rotatable bonds is 4. The van der Waals surface area contributed by atoms with Crippen LogP contribution in [0, 0.1) is 0 Å². The molecule has 0 saturated carbocycles. The van der Waals surface area contributed by atoms with Gasteiger partial charge in [-0.15, -0.1) is 0 Å². The van der Waals surface area contributed by atoms with Crippen LogP contribution in [0.5, 0.6) is 0 Å². The van der Waals surface area contributed by atoms with E-state index in [4.69, 9.17) is 8.83 Å². The molecule has 8 rings (SSSR count). The van der Waals surface area contributed by atoms with Crippen molar-refractivity contribution in [3.05, 3.63) is 146 Å². The highest BCUT2D eigenvalue weighted by Crippen LogP contribution is 2.46. The molecule has 0 aliphatic carbocycles. The quantitative estimate of drug-likeness (QED) is 0.234. The molecule has 0 aliphatic heterocycles. The minimum Gasteiger partial charge on any atom is -0.456 e. The number of furan rings is 2. The summed E-state index contributed by atoms with van der Waals surface area (Å²) in [5, 5.41) is 4.46. The zero-order valence-electron chi connectivity index (χ0n) is 21.7. The summed E-state index contributed by atoms with van der Waals surface area (Å²) in [6.07, 6.45) is 0. The number of benzene rings is 6. The Kier molecular flexibility index (Phi) is 5.17. The van der Waals surface area contributed by atoms with E-state index in [2.05, 4.69) is 127 Å². The van der Waals surface area contributed by atoms with E-state index in [0.717, 1.165) is 77.6 Å². The molecule has 2 nitrogen and oxygen atoms in total. The van der Waals surface area contributed by atoms with Crippen molar-refractivity contribution in [2.45, 2.75) is 0 Å². The average Bonchev–Trinajstić information content (AvgIpc) is 3.60. The minimum absolute atomic E-state index is 0.880. The molecule has 0 amide bonds. The van der Waals surface area contributed by atoms with Crippen molar-refractivity contribution in [1.82, 2.24) is 0 Å². The highest BCUT2D eigenvalue weighted by molar-refractivity contribution is 6.09. The van der Waals surface area contributed by atoms with Crippen molar-refractivity contribution in [2.75, 3.05) is 0 Å². The lowest BCUT2D eigenvalue weighted by Crippen LogP contribution is -1.90. The van der Waals surface area contributed by atoms with Gasteiger partial charge >= 0.3 is 0 Å². The first-order chi connectivity index (χ1) is 19.8. The van der Waals surface area contributed by atoms with Crippen LogP contribution >= 0.6 is 0 Å². The van der Waals surface area contributed by atoms with Crippen molar-refractivity contribution in [3.8, 4) is 44.9 Å². The highest BCUT2D eigenvalue weighted by Gasteiger charge is 2.21. The maximum atomic E-state index is 6.79. The van der Waals surface area contributed by atoms with E-state index in [-0.39, 0.29) is 0 Å². The third-order valence-corrected chi connectivity index (χ3v) is 7.72. The Labute approximate surface area is 231 Å². The predicted molar refractivity (Wildman–Crippen MR) is 165 cm³/mol. The second-order valence-corrected chi connectivity index (χ2v) is 10.1. The van der Waals surface area contributed by atoms with Gasteiger partial charge in [-0.1, -0.05) is 127 Å². The Morgan fingerprint density at radius 2 is 0.925 bits per heavy atom. The van der Waals surface area contributed by atoms with Crippen molar-refractivity contribution >= 4 is 32.7 Å². The van der Waals surface area contributed by atoms with E-state index in [1.807, 2.05) is 18.2 Å². The summed E-state index contributed by atoms with van der Waals surface area (Å²) in [4.78, 5) is 0. The fourth-order valence-corrected chi connectivity index (χ4v) is 5.89. The van der Waals surface area contributed by atoms with Gasteiger partial charge in [-0.05, 0) is 34.9 Å². The summed E-state index contributed by atoms with van der Waals surface area (Å²) < 4.78 is 12.9. The summed E-state index contributed by atoms with van der Waals surface area (Å²) in [6.45, 7) is 0. The monoisotopic (exact) mass is 512 g/mol. The molecule has 0 radical (unpaired) electrons. The van der Waals surface area contributed by atoms with Crippen LogP contribution < -0.4 is 0 Å². The van der Waals surface area contributed by atoms with Gasteiger partial charge in [-0.2, -0.15) is 0 Å². The van der Waals surface area contributed by atoms with Crippen LogP contribution in [-0.4, -0.2) is 0 Å². The molecule has 2 heteroatoms. The van der Waals surface area contributed by atoms with Gasteiger partial charge < -0.3 is 8.83 Å². The molecule has 8 aromatic rings. The maximum absolute atomic E-state index is 6.79. The fraction of sp³-hybridized carbons (Fsp3) is 0. The Bertz CT molecular complexity index is 2150. The van der Waals surface area contributed by atoms with Gasteiger partial charge in [0.25, 0.3) is 0 Å². The van der Waals surface area contributed by atoms with Crippen LogP contribution in [0.3, 0.4) is 0 Å². The zero-order valence-corrected chi connectivity index (χ0v) is 21.7. The second-order valence-electron chi connectivity index (χ2n) is 10.1. The Morgan fingerprint density at radius 3 is 1.70 bits per heavy atom. The summed E-state index contributed by atoms with van der Waals surface area (Å²) in [6, 6.07) is 50.7. The molecular weight excluding hydrogens is 488 g/mol. The topological polar surface area (TPSA) is 26.3 Å². The molecular formula is C38H24O2. The van der Waals surface area contributed by atoms with Crippen LogP contribution in [0.2, 0.25) is 0 Å². The van der Waals surface area contributed by atoms with Crippen molar-refractivity contribution in [1.29, 1.82) is 0 Å². The Morgan fingerprint density at radius 1 is 0.325 bits per heavy atom. The largest absolute Gasteiger partial charge is 0.456 e. The second kappa shape index (κ2) is 9.14. The van der Waals surface area contributed by atoms with Crippen LogP contribution in [0.15, 0.2) is 154 Å². The Hall–Kier alpha value is -5.34. The molecule has 0 unspecified atom stereocenters. The highest BCUT2D eigenvalue weighted by atomic mass is 16.3. The molecule has 0 fully saturated rings. The van der Waals surface area contributed by atoms with Gasteiger partial charge in [0.1, 0.15) is 22.7 Å². The van der Waals surface area contributed by atoms with Gasteiger partial charge in [-0.3, -0.25) is 0 Å². The lowest BCUT2D eigenvalue weighted by molar-refractivity contribution is 0.602. The third-order valence-electron chi connectivity index (χ3n) is 7.72. The Balaban J connectivity index is 1.42. The zero-order chi connectivity index (χ0) is 26.5. The van der Waals surface area contributed by atoms with Gasteiger partial charge in [-0.25, -0.2) is 0 Å². The molecule has 0 atom stereocenters. The fourth-order valence-electron chi connectivity index (χ4n) is 5.89. The normalized spacial score (nSPS) is 11.5. The SMILES string of the molecule is c1ccc(-c2c(-c3ccc4oc5ccccc5c4c3)cccc2-c2oc(-c3ccccc3)c3ccccc23)cc1. The van der Waals surface area contributed by atoms with Gasteiger partial charge in [0.15, 0.2) is 0 Å². The van der Waals surface area contributed by atoms with Crippen LogP contribution in [-0.2, 0) is 0 Å². The van der Waals surface area contributed by atoms with E-state index in [1.165, 1.54) is 0 Å². The van der Waals surface area contributed by atoms with E-state index >= 15 is 0 Å². The molecule has 0 N–H and O–H groups in total. The maximum Gasteiger partial charge on any atom is 0.143 e. The summed E-state index contributed by atoms with van der Waals surface area (Å²) in [5.74, 6) is 1.77. The van der Waals surface area contributed by atoms with Crippen LogP contribution in [0.1, 0.15) is 0 Å². The predicted octanol–water partition coefficient (Wildman–Crippen LogP) is 11.0. The smallest absolute Gasteiger partial charge is 0.143 e. The molecule has 2 aromatic heterocycles. The van der Waals surface area contributed by atoms with E-state index in [0.29, 0.717) is 0 Å². The molecule has 188 valence electrons. The van der Waals surface area contributed by atoms with Crippen LogP contribution in [0.25, 0.3) is 77.6 Å². The number of hydrogen-bond acceptors (Lipinski definition) is 2. The summed E-state index contributed by atoms with van der Waals surface area (Å²) in [7, 11) is 0. The average molecular weight is 513 g/mol. The molecule has 40 heavy (non-hydrogen) atoms. The van der Waals surface area contributed by atoms with Crippen molar-refractivity contribution < 1.29 is 8.83 Å². The summed E-state index contributed by atoms with van der Waals surface area (Å²) in [5.41, 5.74) is 8.52. The lowest BCUT2D eigenvalue weighted by atomic mass is 9.88.